The van der Waals surface area contributed by atoms with Crippen molar-refractivity contribution in [2.45, 2.75) is 24.3 Å². The molecule has 0 spiro atoms. The number of aromatic nitrogens is 1. The van der Waals surface area contributed by atoms with Gasteiger partial charge in [-0.3, -0.25) is 9.78 Å². The number of carbonyl (C=O) groups is 1. The summed E-state index contributed by atoms with van der Waals surface area (Å²) in [5.74, 6) is 0.511. The van der Waals surface area contributed by atoms with Crippen LogP contribution in [-0.4, -0.2) is 27.4 Å². The lowest BCUT2D eigenvalue weighted by atomic mass is 10.1. The Hall–Kier alpha value is -2.90. The summed E-state index contributed by atoms with van der Waals surface area (Å²) in [6.07, 6.45) is 3.28. The van der Waals surface area contributed by atoms with Gasteiger partial charge in [0.2, 0.25) is 0 Å². The van der Waals surface area contributed by atoms with Crippen molar-refractivity contribution < 1.29 is 19.0 Å². The fraction of sp³-hybridized carbons (Fsp3) is 0.182. The second-order valence-electron chi connectivity index (χ2n) is 6.74. The third kappa shape index (κ3) is 5.79. The maximum absolute atomic E-state index is 13.3. The van der Waals surface area contributed by atoms with E-state index in [0.29, 0.717) is 22.1 Å². The molecule has 0 aliphatic heterocycles. The maximum atomic E-state index is 13.3. The Morgan fingerprint density at radius 1 is 1.21 bits per heavy atom. The van der Waals surface area contributed by atoms with Crippen LogP contribution in [0.4, 0.5) is 10.1 Å². The zero-order chi connectivity index (χ0) is 20.9. The molecule has 1 amide bonds. The highest BCUT2D eigenvalue weighted by Gasteiger charge is 2.30. The molecular formula is C22H21FN2O3S. The molecule has 5 nitrogen and oxygen atoms in total. The first-order valence-corrected chi connectivity index (χ1v) is 9.93. The summed E-state index contributed by atoms with van der Waals surface area (Å²) in [5.41, 5.74) is -0.254. The Morgan fingerprint density at radius 2 is 1.97 bits per heavy atom. The van der Waals surface area contributed by atoms with Gasteiger partial charge < -0.3 is 15.2 Å². The second-order valence-corrected chi connectivity index (χ2v) is 7.79. The summed E-state index contributed by atoms with van der Waals surface area (Å²) in [6, 6.07) is 14.8. The van der Waals surface area contributed by atoms with E-state index in [4.69, 9.17) is 4.74 Å². The van der Waals surface area contributed by atoms with Crippen molar-refractivity contribution in [1.29, 1.82) is 0 Å². The second kappa shape index (κ2) is 9.07. The predicted molar refractivity (Wildman–Crippen MR) is 112 cm³/mol. The number of ether oxygens (including phenoxy) is 1. The Balaban J connectivity index is 1.62. The lowest BCUT2D eigenvalue weighted by Crippen LogP contribution is -2.42. The number of rotatable bonds is 7. The molecule has 1 heterocycles. The van der Waals surface area contributed by atoms with Crippen LogP contribution in [-0.2, 0) is 4.79 Å². The zero-order valence-corrected chi connectivity index (χ0v) is 16.9. The number of benzene rings is 2. The van der Waals surface area contributed by atoms with Crippen LogP contribution in [0.3, 0.4) is 0 Å². The molecule has 1 atom stereocenters. The third-order valence-electron chi connectivity index (χ3n) is 4.12. The van der Waals surface area contributed by atoms with Crippen molar-refractivity contribution in [3.63, 3.8) is 0 Å². The molecular weight excluding hydrogens is 391 g/mol. The lowest BCUT2D eigenvalue weighted by molar-refractivity contribution is -0.130. The van der Waals surface area contributed by atoms with Gasteiger partial charge in [-0.25, -0.2) is 4.39 Å². The summed E-state index contributed by atoms with van der Waals surface area (Å²) in [4.78, 5) is 17.1. The van der Waals surface area contributed by atoms with Crippen molar-refractivity contribution in [2.24, 2.45) is 0 Å². The molecule has 0 saturated heterocycles. The predicted octanol–water partition coefficient (Wildman–Crippen LogP) is 4.80. The molecule has 1 unspecified atom stereocenters. The van der Waals surface area contributed by atoms with E-state index in [0.717, 1.165) is 5.56 Å². The summed E-state index contributed by atoms with van der Waals surface area (Å²) in [5, 5.41) is 13.3. The first-order chi connectivity index (χ1) is 13.8. The largest absolute Gasteiger partial charge is 0.457 e. The molecule has 0 aliphatic carbocycles. The van der Waals surface area contributed by atoms with Gasteiger partial charge in [-0.1, -0.05) is 6.07 Å². The number of amides is 1. The summed E-state index contributed by atoms with van der Waals surface area (Å²) in [6.45, 7) is 3.30. The smallest absolute Gasteiger partial charge is 0.256 e. The summed E-state index contributed by atoms with van der Waals surface area (Å²) >= 11 is 1.21. The zero-order valence-electron chi connectivity index (χ0n) is 16.1. The van der Waals surface area contributed by atoms with E-state index in [9.17, 15) is 14.3 Å². The van der Waals surface area contributed by atoms with E-state index in [1.807, 2.05) is 6.92 Å². The van der Waals surface area contributed by atoms with Crippen LogP contribution in [0.15, 0.2) is 71.9 Å². The molecule has 0 aliphatic rings. The van der Waals surface area contributed by atoms with E-state index in [2.05, 4.69) is 10.3 Å². The SMILES string of the molecule is Cc1cc(NC(=O)C(C)(O)CSc2cccc(F)c2)ccc1Oc1ccncc1. The minimum atomic E-state index is -1.63. The van der Waals surface area contributed by atoms with Gasteiger partial charge in [-0.05, 0) is 67.9 Å². The number of aliphatic hydroxyl groups is 1. The molecule has 0 radical (unpaired) electrons. The molecule has 0 saturated carbocycles. The van der Waals surface area contributed by atoms with Crippen LogP contribution >= 0.6 is 11.8 Å². The van der Waals surface area contributed by atoms with Gasteiger partial charge >= 0.3 is 0 Å². The Labute approximate surface area is 172 Å². The fourth-order valence-corrected chi connectivity index (χ4v) is 3.44. The lowest BCUT2D eigenvalue weighted by Gasteiger charge is -2.22. The van der Waals surface area contributed by atoms with Gasteiger partial charge in [0.15, 0.2) is 0 Å². The standard InChI is InChI=1S/C22H21FN2O3S/c1-15-12-17(6-7-20(15)28-18-8-10-24-11-9-18)25-21(26)22(2,27)14-29-19-5-3-4-16(23)13-19/h3-13,27H,14H2,1-2H3,(H,25,26). The van der Waals surface area contributed by atoms with Crippen LogP contribution in [0.2, 0.25) is 0 Å². The number of aryl methyl sites for hydroxylation is 1. The molecule has 3 aromatic rings. The van der Waals surface area contributed by atoms with Crippen molar-refractivity contribution in [3.05, 3.63) is 78.4 Å². The third-order valence-corrected chi connectivity index (χ3v) is 5.41. The normalized spacial score (nSPS) is 12.8. The Kier molecular flexibility index (Phi) is 6.51. The van der Waals surface area contributed by atoms with Gasteiger partial charge in [-0.2, -0.15) is 0 Å². The molecule has 0 bridgehead atoms. The van der Waals surface area contributed by atoms with E-state index in [1.54, 1.807) is 54.9 Å². The first-order valence-electron chi connectivity index (χ1n) is 8.94. The van der Waals surface area contributed by atoms with Crippen molar-refractivity contribution in [2.75, 3.05) is 11.1 Å². The number of thioether (sulfide) groups is 1. The van der Waals surface area contributed by atoms with Crippen molar-refractivity contribution in [1.82, 2.24) is 4.98 Å². The molecule has 0 fully saturated rings. The molecule has 7 heteroatoms. The number of anilines is 1. The highest BCUT2D eigenvalue weighted by Crippen LogP contribution is 2.28. The Morgan fingerprint density at radius 3 is 2.66 bits per heavy atom. The topological polar surface area (TPSA) is 71.5 Å². The Bertz CT molecular complexity index is 996. The average Bonchev–Trinajstić information content (AvgIpc) is 2.69. The molecule has 2 N–H and O–H groups in total. The number of halogens is 1. The highest BCUT2D eigenvalue weighted by atomic mass is 32.2. The van der Waals surface area contributed by atoms with Gasteiger partial charge in [0.1, 0.15) is 22.9 Å². The molecule has 2 aromatic carbocycles. The van der Waals surface area contributed by atoms with Crippen LogP contribution in [0.1, 0.15) is 12.5 Å². The van der Waals surface area contributed by atoms with Crippen molar-refractivity contribution in [3.8, 4) is 11.5 Å². The van der Waals surface area contributed by atoms with Crippen molar-refractivity contribution >= 4 is 23.4 Å². The molecule has 1 aromatic heterocycles. The first kappa shape index (κ1) is 20.8. The number of pyridine rings is 1. The van der Waals surface area contributed by atoms with E-state index in [1.165, 1.54) is 30.8 Å². The van der Waals surface area contributed by atoms with Gasteiger partial charge in [-0.15, -0.1) is 11.8 Å². The summed E-state index contributed by atoms with van der Waals surface area (Å²) < 4.78 is 19.1. The van der Waals surface area contributed by atoms with Gasteiger partial charge in [0.25, 0.3) is 5.91 Å². The van der Waals surface area contributed by atoms with Crippen LogP contribution in [0, 0.1) is 12.7 Å². The van der Waals surface area contributed by atoms with Gasteiger partial charge in [0, 0.05) is 28.7 Å². The van der Waals surface area contributed by atoms with Crippen LogP contribution < -0.4 is 10.1 Å². The molecule has 29 heavy (non-hydrogen) atoms. The molecule has 150 valence electrons. The quantitative estimate of drug-likeness (QED) is 0.545. The minimum Gasteiger partial charge on any atom is -0.457 e. The van der Waals surface area contributed by atoms with Crippen LogP contribution in [0.5, 0.6) is 11.5 Å². The number of nitrogens with one attached hydrogen (secondary N) is 1. The van der Waals surface area contributed by atoms with E-state index < -0.39 is 11.5 Å². The minimum absolute atomic E-state index is 0.0878. The maximum Gasteiger partial charge on any atom is 0.256 e. The average molecular weight is 412 g/mol. The monoisotopic (exact) mass is 412 g/mol. The highest BCUT2D eigenvalue weighted by molar-refractivity contribution is 7.99. The summed E-state index contributed by atoms with van der Waals surface area (Å²) in [7, 11) is 0. The van der Waals surface area contributed by atoms with E-state index in [-0.39, 0.29) is 11.6 Å². The fourth-order valence-electron chi connectivity index (χ4n) is 2.49. The number of nitrogens with zero attached hydrogens (tertiary/aromatic N) is 1. The van der Waals surface area contributed by atoms with Gasteiger partial charge in [0.05, 0.1) is 0 Å². The van der Waals surface area contributed by atoms with Crippen LogP contribution in [0.25, 0.3) is 0 Å². The number of carbonyl (C=O) groups excluding carboxylic acids is 1. The number of hydrogen-bond acceptors (Lipinski definition) is 5. The van der Waals surface area contributed by atoms with E-state index >= 15 is 0 Å². The molecule has 3 rings (SSSR count). The number of hydrogen-bond donors (Lipinski definition) is 2.